The van der Waals surface area contributed by atoms with Crippen LogP contribution in [-0.4, -0.2) is 12.0 Å². The highest BCUT2D eigenvalue weighted by molar-refractivity contribution is 5.17. The minimum absolute atomic E-state index is 0.0730. The van der Waals surface area contributed by atoms with Crippen molar-refractivity contribution >= 4 is 0 Å². The van der Waals surface area contributed by atoms with E-state index >= 15 is 0 Å². The van der Waals surface area contributed by atoms with E-state index in [1.807, 2.05) is 25.2 Å². The van der Waals surface area contributed by atoms with Crippen molar-refractivity contribution in [3.05, 3.63) is 30.1 Å². The molecule has 1 N–H and O–H groups in total. The fourth-order valence-corrected chi connectivity index (χ4v) is 0.863. The minimum Gasteiger partial charge on any atom is -0.302 e. The summed E-state index contributed by atoms with van der Waals surface area (Å²) in [5.74, 6) is 2.59. The summed E-state index contributed by atoms with van der Waals surface area (Å²) >= 11 is 0. The molecule has 0 saturated carbocycles. The molecule has 0 radical (unpaired) electrons. The van der Waals surface area contributed by atoms with Crippen molar-refractivity contribution in [1.82, 2.24) is 10.3 Å². The second-order valence-electron chi connectivity index (χ2n) is 2.14. The van der Waals surface area contributed by atoms with Gasteiger partial charge in [0.2, 0.25) is 0 Å². The van der Waals surface area contributed by atoms with Crippen molar-refractivity contribution in [3.8, 4) is 12.3 Å². The maximum absolute atomic E-state index is 5.26. The van der Waals surface area contributed by atoms with E-state index in [2.05, 4.69) is 16.2 Å². The number of hydrogen-bond acceptors (Lipinski definition) is 2. The van der Waals surface area contributed by atoms with Crippen LogP contribution in [0.25, 0.3) is 0 Å². The van der Waals surface area contributed by atoms with Crippen LogP contribution in [0.5, 0.6) is 0 Å². The maximum Gasteiger partial charge on any atom is 0.111 e. The lowest BCUT2D eigenvalue weighted by molar-refractivity contribution is 0.713. The molecule has 2 heteroatoms. The lowest BCUT2D eigenvalue weighted by atomic mass is 10.2. The number of rotatable bonds is 2. The van der Waals surface area contributed by atoms with E-state index in [-0.39, 0.29) is 6.04 Å². The second kappa shape index (κ2) is 3.75. The van der Waals surface area contributed by atoms with Gasteiger partial charge in [-0.1, -0.05) is 12.0 Å². The first kappa shape index (κ1) is 7.77. The zero-order valence-electron chi connectivity index (χ0n) is 6.41. The van der Waals surface area contributed by atoms with Crippen molar-refractivity contribution in [2.24, 2.45) is 0 Å². The molecule has 0 aliphatic rings. The van der Waals surface area contributed by atoms with Gasteiger partial charge < -0.3 is 5.32 Å². The molecule has 0 saturated heterocycles. The normalized spacial score (nSPS) is 12.0. The Morgan fingerprint density at radius 1 is 1.64 bits per heavy atom. The van der Waals surface area contributed by atoms with Crippen LogP contribution in [0.15, 0.2) is 24.4 Å². The third-order valence-corrected chi connectivity index (χ3v) is 1.44. The maximum atomic E-state index is 5.26. The summed E-state index contributed by atoms with van der Waals surface area (Å²) in [6.07, 6.45) is 7.00. The third-order valence-electron chi connectivity index (χ3n) is 1.44. The van der Waals surface area contributed by atoms with Gasteiger partial charge in [0.05, 0.1) is 5.69 Å². The van der Waals surface area contributed by atoms with Crippen molar-refractivity contribution < 1.29 is 0 Å². The Bertz CT molecular complexity index is 248. The molecule has 1 aromatic rings. The number of hydrogen-bond donors (Lipinski definition) is 1. The Kier molecular flexibility index (Phi) is 2.65. The zero-order chi connectivity index (χ0) is 8.10. The third kappa shape index (κ3) is 1.79. The molecule has 1 aromatic heterocycles. The van der Waals surface area contributed by atoms with E-state index in [0.717, 1.165) is 5.69 Å². The molecule has 0 aliphatic heterocycles. The molecule has 1 rings (SSSR count). The molecule has 1 heterocycles. The first-order valence-corrected chi connectivity index (χ1v) is 3.43. The number of pyridine rings is 1. The van der Waals surface area contributed by atoms with Crippen molar-refractivity contribution in [3.63, 3.8) is 0 Å². The van der Waals surface area contributed by atoms with E-state index in [0.29, 0.717) is 0 Å². The van der Waals surface area contributed by atoms with E-state index in [4.69, 9.17) is 6.42 Å². The highest BCUT2D eigenvalue weighted by atomic mass is 14.9. The van der Waals surface area contributed by atoms with Gasteiger partial charge in [0.1, 0.15) is 6.04 Å². The van der Waals surface area contributed by atoms with E-state index < -0.39 is 0 Å². The van der Waals surface area contributed by atoms with Crippen molar-refractivity contribution in [2.75, 3.05) is 7.05 Å². The molecule has 0 fully saturated rings. The summed E-state index contributed by atoms with van der Waals surface area (Å²) < 4.78 is 0. The van der Waals surface area contributed by atoms with Crippen LogP contribution in [0.4, 0.5) is 0 Å². The fourth-order valence-electron chi connectivity index (χ4n) is 0.863. The van der Waals surface area contributed by atoms with Gasteiger partial charge in [-0.15, -0.1) is 6.42 Å². The van der Waals surface area contributed by atoms with E-state index in [1.165, 1.54) is 0 Å². The van der Waals surface area contributed by atoms with Crippen LogP contribution in [0, 0.1) is 12.3 Å². The molecular weight excluding hydrogens is 136 g/mol. The van der Waals surface area contributed by atoms with Gasteiger partial charge in [0.25, 0.3) is 0 Å². The van der Waals surface area contributed by atoms with Crippen LogP contribution in [0.1, 0.15) is 11.7 Å². The van der Waals surface area contributed by atoms with Crippen LogP contribution < -0.4 is 5.32 Å². The van der Waals surface area contributed by atoms with Gasteiger partial charge in [-0.3, -0.25) is 4.98 Å². The van der Waals surface area contributed by atoms with Gasteiger partial charge in [0.15, 0.2) is 0 Å². The quantitative estimate of drug-likeness (QED) is 0.629. The summed E-state index contributed by atoms with van der Waals surface area (Å²) in [5.41, 5.74) is 0.887. The smallest absolute Gasteiger partial charge is 0.111 e. The van der Waals surface area contributed by atoms with Crippen LogP contribution >= 0.6 is 0 Å². The fraction of sp³-hybridized carbons (Fsp3) is 0.222. The van der Waals surface area contributed by atoms with Crippen molar-refractivity contribution in [2.45, 2.75) is 6.04 Å². The topological polar surface area (TPSA) is 24.9 Å². The molecule has 2 nitrogen and oxygen atoms in total. The Labute approximate surface area is 66.7 Å². The molecule has 0 spiro atoms. The Morgan fingerprint density at radius 2 is 2.45 bits per heavy atom. The summed E-state index contributed by atoms with van der Waals surface area (Å²) in [6, 6.07) is 5.62. The van der Waals surface area contributed by atoms with Gasteiger partial charge >= 0.3 is 0 Å². The first-order valence-electron chi connectivity index (χ1n) is 3.43. The highest BCUT2D eigenvalue weighted by Crippen LogP contribution is 2.05. The predicted octanol–water partition coefficient (Wildman–Crippen LogP) is 0.975. The molecule has 0 bridgehead atoms. The summed E-state index contributed by atoms with van der Waals surface area (Å²) in [7, 11) is 1.82. The van der Waals surface area contributed by atoms with Gasteiger partial charge in [-0.2, -0.15) is 0 Å². The largest absolute Gasteiger partial charge is 0.302 e. The molecule has 1 atom stereocenters. The van der Waals surface area contributed by atoms with E-state index in [1.54, 1.807) is 6.20 Å². The molecule has 0 amide bonds. The van der Waals surface area contributed by atoms with Gasteiger partial charge in [-0.05, 0) is 19.2 Å². The number of aromatic nitrogens is 1. The SMILES string of the molecule is C#CC(NC)c1ccccn1. The standard InChI is InChI=1S/C9H10N2/c1-3-8(10-2)9-6-4-5-7-11-9/h1,4-8,10H,2H3. The van der Waals surface area contributed by atoms with Crippen molar-refractivity contribution in [1.29, 1.82) is 0 Å². The molecular formula is C9H10N2. The summed E-state index contributed by atoms with van der Waals surface area (Å²) in [5, 5.41) is 2.97. The minimum atomic E-state index is -0.0730. The van der Waals surface area contributed by atoms with Gasteiger partial charge in [-0.25, -0.2) is 0 Å². The van der Waals surface area contributed by atoms with E-state index in [9.17, 15) is 0 Å². The average molecular weight is 146 g/mol. The lowest BCUT2D eigenvalue weighted by Gasteiger charge is -2.06. The zero-order valence-corrected chi connectivity index (χ0v) is 6.41. The van der Waals surface area contributed by atoms with Crippen LogP contribution in [0.3, 0.4) is 0 Å². The number of terminal acetylenes is 1. The van der Waals surface area contributed by atoms with Crippen LogP contribution in [0.2, 0.25) is 0 Å². The number of nitrogens with zero attached hydrogens (tertiary/aromatic N) is 1. The summed E-state index contributed by atoms with van der Waals surface area (Å²) in [6.45, 7) is 0. The monoisotopic (exact) mass is 146 g/mol. The molecule has 1 unspecified atom stereocenters. The highest BCUT2D eigenvalue weighted by Gasteiger charge is 2.03. The Morgan fingerprint density at radius 3 is 2.91 bits per heavy atom. The predicted molar refractivity (Wildman–Crippen MR) is 44.9 cm³/mol. The van der Waals surface area contributed by atoms with Gasteiger partial charge in [0, 0.05) is 6.20 Å². The Balaban J connectivity index is 2.85. The molecule has 11 heavy (non-hydrogen) atoms. The first-order chi connectivity index (χ1) is 5.38. The second-order valence-corrected chi connectivity index (χ2v) is 2.14. The average Bonchev–Trinajstić information content (AvgIpc) is 2.09. The molecule has 0 aromatic carbocycles. The number of nitrogens with one attached hydrogen (secondary N) is 1. The Hall–Kier alpha value is -1.33. The summed E-state index contributed by atoms with van der Waals surface area (Å²) in [4.78, 5) is 4.12. The molecule has 56 valence electrons. The molecule has 0 aliphatic carbocycles. The van der Waals surface area contributed by atoms with Crippen LogP contribution in [-0.2, 0) is 0 Å². The lowest BCUT2D eigenvalue weighted by Crippen LogP contribution is -2.15.